The number of anilines is 1. The molecule has 0 aliphatic carbocycles. The molecule has 0 spiro atoms. The molecule has 9 heteroatoms. The first kappa shape index (κ1) is 19.8. The number of amides is 1. The van der Waals surface area contributed by atoms with Crippen LogP contribution in [0.4, 0.5) is 14.6 Å². The van der Waals surface area contributed by atoms with Crippen LogP contribution in [-0.2, 0) is 6.54 Å². The predicted molar refractivity (Wildman–Crippen MR) is 116 cm³/mol. The summed E-state index contributed by atoms with van der Waals surface area (Å²) in [6.07, 6.45) is 0.265. The molecule has 7 nitrogen and oxygen atoms in total. The van der Waals surface area contributed by atoms with Crippen LogP contribution in [0.25, 0.3) is 16.4 Å². The van der Waals surface area contributed by atoms with Crippen molar-refractivity contribution in [3.8, 4) is 0 Å². The largest absolute Gasteiger partial charge is 0.305 e. The summed E-state index contributed by atoms with van der Waals surface area (Å²) >= 11 is 0. The van der Waals surface area contributed by atoms with Gasteiger partial charge >= 0.3 is 0 Å². The Balaban J connectivity index is 1.38. The average molecular weight is 432 g/mol. The molecule has 2 aromatic carbocycles. The summed E-state index contributed by atoms with van der Waals surface area (Å²) in [5, 5.41) is 13.3. The van der Waals surface area contributed by atoms with Crippen molar-refractivity contribution in [2.75, 3.05) is 5.32 Å². The number of nitrogens with one attached hydrogen (secondary N) is 1. The molecule has 0 aliphatic heterocycles. The van der Waals surface area contributed by atoms with Gasteiger partial charge < -0.3 is 5.32 Å². The van der Waals surface area contributed by atoms with E-state index in [0.717, 1.165) is 20.9 Å². The third kappa shape index (κ3) is 3.58. The number of nitrogens with zero attached hydrogens (tertiary/aromatic N) is 5. The number of aromatic nitrogens is 5. The van der Waals surface area contributed by atoms with Crippen molar-refractivity contribution in [2.24, 2.45) is 0 Å². The van der Waals surface area contributed by atoms with Crippen LogP contribution in [0.5, 0.6) is 0 Å². The Morgan fingerprint density at radius 1 is 1.12 bits per heavy atom. The first-order valence-electron chi connectivity index (χ1n) is 9.94. The highest BCUT2D eigenvalue weighted by molar-refractivity contribution is 6.07. The zero-order valence-electron chi connectivity index (χ0n) is 17.0. The molecule has 0 saturated heterocycles. The van der Waals surface area contributed by atoms with Crippen LogP contribution in [0.3, 0.4) is 0 Å². The lowest BCUT2D eigenvalue weighted by molar-refractivity contribution is 0.102. The van der Waals surface area contributed by atoms with E-state index in [-0.39, 0.29) is 16.9 Å². The molecule has 0 saturated carbocycles. The van der Waals surface area contributed by atoms with Gasteiger partial charge in [-0.05, 0) is 29.3 Å². The van der Waals surface area contributed by atoms with Crippen LogP contribution < -0.4 is 5.32 Å². The predicted octanol–water partition coefficient (Wildman–Crippen LogP) is 4.63. The Bertz CT molecular complexity index is 1450. The zero-order chi connectivity index (χ0) is 22.2. The molecular formula is C23H18F2N6O. The molecular weight excluding hydrogens is 414 g/mol. The normalized spacial score (nSPS) is 11.5. The van der Waals surface area contributed by atoms with Crippen molar-refractivity contribution in [3.05, 3.63) is 89.5 Å². The lowest BCUT2D eigenvalue weighted by Crippen LogP contribution is -2.13. The number of hydrogen-bond acceptors (Lipinski definition) is 4. The number of hydrogen-bond donors (Lipinski definition) is 1. The number of benzene rings is 2. The molecule has 0 fully saturated rings. The van der Waals surface area contributed by atoms with E-state index >= 15 is 0 Å². The van der Waals surface area contributed by atoms with E-state index in [4.69, 9.17) is 0 Å². The molecule has 3 heterocycles. The number of rotatable bonds is 5. The van der Waals surface area contributed by atoms with Gasteiger partial charge in [-0.15, -0.1) is 0 Å². The summed E-state index contributed by atoms with van der Waals surface area (Å²) in [4.78, 5) is 17.0. The van der Waals surface area contributed by atoms with Crippen LogP contribution in [0, 0.1) is 6.92 Å². The fourth-order valence-corrected chi connectivity index (χ4v) is 3.73. The highest BCUT2D eigenvalue weighted by Crippen LogP contribution is 2.23. The lowest BCUT2D eigenvalue weighted by Gasteiger charge is -2.07. The monoisotopic (exact) mass is 432 g/mol. The maximum atomic E-state index is 13.3. The highest BCUT2D eigenvalue weighted by atomic mass is 19.3. The Kier molecular flexibility index (Phi) is 4.85. The summed E-state index contributed by atoms with van der Waals surface area (Å²) in [7, 11) is 0. The summed E-state index contributed by atoms with van der Waals surface area (Å²) in [6, 6.07) is 17.1. The first-order chi connectivity index (χ1) is 15.5. The number of alkyl halides is 2. The molecule has 5 aromatic rings. The van der Waals surface area contributed by atoms with Gasteiger partial charge in [-0.3, -0.25) is 9.48 Å². The van der Waals surface area contributed by atoms with Crippen LogP contribution in [0.15, 0.2) is 67.0 Å². The van der Waals surface area contributed by atoms with Crippen LogP contribution in [0.1, 0.15) is 33.7 Å². The van der Waals surface area contributed by atoms with Crippen LogP contribution >= 0.6 is 0 Å². The maximum absolute atomic E-state index is 13.3. The minimum absolute atomic E-state index is 0.0768. The molecule has 1 N–H and O–H groups in total. The smallest absolute Gasteiger partial charge is 0.280 e. The number of carbonyl (C=O) groups is 1. The van der Waals surface area contributed by atoms with Crippen molar-refractivity contribution in [3.63, 3.8) is 0 Å². The molecule has 1 amide bonds. The van der Waals surface area contributed by atoms with Gasteiger partial charge in [0.05, 0.1) is 12.7 Å². The summed E-state index contributed by atoms with van der Waals surface area (Å²) in [6.45, 7) is 2.13. The van der Waals surface area contributed by atoms with E-state index in [9.17, 15) is 13.6 Å². The Morgan fingerprint density at radius 2 is 1.94 bits per heavy atom. The van der Waals surface area contributed by atoms with Crippen LogP contribution in [-0.4, -0.2) is 30.3 Å². The number of fused-ring (bicyclic) bond motifs is 2. The van der Waals surface area contributed by atoms with Gasteiger partial charge in [0.2, 0.25) is 0 Å². The number of carbonyl (C=O) groups excluding carboxylic acids is 1. The van der Waals surface area contributed by atoms with Gasteiger partial charge in [0.15, 0.2) is 11.5 Å². The second kappa shape index (κ2) is 7.84. The molecule has 5 rings (SSSR count). The van der Waals surface area contributed by atoms with E-state index in [2.05, 4.69) is 38.7 Å². The minimum Gasteiger partial charge on any atom is -0.305 e. The van der Waals surface area contributed by atoms with E-state index < -0.39 is 12.3 Å². The molecule has 0 aliphatic rings. The average Bonchev–Trinajstić information content (AvgIpc) is 3.40. The van der Waals surface area contributed by atoms with Crippen molar-refractivity contribution in [1.29, 1.82) is 0 Å². The Morgan fingerprint density at radius 3 is 2.78 bits per heavy atom. The van der Waals surface area contributed by atoms with Gasteiger partial charge in [0, 0.05) is 18.0 Å². The van der Waals surface area contributed by atoms with Gasteiger partial charge in [-0.25, -0.2) is 18.3 Å². The number of aryl methyl sites for hydroxylation is 1. The Hall–Kier alpha value is -4.14. The molecule has 0 unspecified atom stereocenters. The first-order valence-corrected chi connectivity index (χ1v) is 9.94. The standard InChI is InChI=1S/C23H18F2N6O/c1-14-11-19(21(24)25)31-22(27-14)18(12-26-31)23(32)28-20-9-10-30(29-20)13-16-7-4-6-15-5-2-3-8-17(15)16/h2-12,21H,13H2,1H3,(H,28,29,32). The topological polar surface area (TPSA) is 77.1 Å². The highest BCUT2D eigenvalue weighted by Gasteiger charge is 2.20. The van der Waals surface area contributed by atoms with E-state index in [1.165, 1.54) is 12.3 Å². The van der Waals surface area contributed by atoms with E-state index in [0.29, 0.717) is 18.1 Å². The molecule has 0 radical (unpaired) electrons. The quantitative estimate of drug-likeness (QED) is 0.440. The number of halogens is 2. The third-order valence-electron chi connectivity index (χ3n) is 5.19. The van der Waals surface area contributed by atoms with Gasteiger partial charge in [-0.2, -0.15) is 10.2 Å². The molecule has 3 aromatic heterocycles. The summed E-state index contributed by atoms with van der Waals surface area (Å²) in [5.41, 5.74) is 1.34. The lowest BCUT2D eigenvalue weighted by atomic mass is 10.0. The summed E-state index contributed by atoms with van der Waals surface area (Å²) in [5.74, 6) is -0.176. The zero-order valence-corrected chi connectivity index (χ0v) is 17.0. The van der Waals surface area contributed by atoms with Crippen LogP contribution in [0.2, 0.25) is 0 Å². The fraction of sp³-hybridized carbons (Fsp3) is 0.130. The molecule has 0 bridgehead atoms. The van der Waals surface area contributed by atoms with Crippen molar-refractivity contribution in [2.45, 2.75) is 19.9 Å². The van der Waals surface area contributed by atoms with Gasteiger partial charge in [0.25, 0.3) is 12.3 Å². The SMILES string of the molecule is Cc1cc(C(F)F)n2ncc(C(=O)Nc3ccn(Cc4cccc5ccccc45)n3)c2n1. The van der Waals surface area contributed by atoms with Crippen molar-refractivity contribution >= 4 is 28.1 Å². The molecule has 0 atom stereocenters. The van der Waals surface area contributed by atoms with Gasteiger partial charge in [-0.1, -0.05) is 42.5 Å². The van der Waals surface area contributed by atoms with E-state index in [1.54, 1.807) is 23.9 Å². The molecule has 160 valence electrons. The maximum Gasteiger partial charge on any atom is 0.280 e. The second-order valence-electron chi connectivity index (χ2n) is 7.41. The van der Waals surface area contributed by atoms with Crippen molar-refractivity contribution in [1.82, 2.24) is 24.4 Å². The third-order valence-corrected chi connectivity index (χ3v) is 5.19. The minimum atomic E-state index is -2.74. The molecule has 32 heavy (non-hydrogen) atoms. The second-order valence-corrected chi connectivity index (χ2v) is 7.41. The van der Waals surface area contributed by atoms with Gasteiger partial charge in [0.1, 0.15) is 11.3 Å². The fourth-order valence-electron chi connectivity index (χ4n) is 3.73. The van der Waals surface area contributed by atoms with Crippen molar-refractivity contribution < 1.29 is 13.6 Å². The Labute approximate surface area is 181 Å². The van der Waals surface area contributed by atoms with E-state index in [1.807, 2.05) is 24.3 Å². The summed E-state index contributed by atoms with van der Waals surface area (Å²) < 4.78 is 29.3.